The summed E-state index contributed by atoms with van der Waals surface area (Å²) < 4.78 is 0. The SMILES string of the molecule is CC(C)C(=O)Nc1cccc(C2CCN(CC[C@H](NC(=O)c3cccc4ccccc34)c3ccccc3)CC2)c1. The molecule has 1 aliphatic heterocycles. The van der Waals surface area contributed by atoms with E-state index in [2.05, 4.69) is 39.8 Å². The van der Waals surface area contributed by atoms with E-state index in [0.717, 1.165) is 60.9 Å². The second-order valence-electron chi connectivity index (χ2n) is 11.1. The molecule has 40 heavy (non-hydrogen) atoms. The van der Waals surface area contributed by atoms with Gasteiger partial charge >= 0.3 is 0 Å². The fourth-order valence-electron chi connectivity index (χ4n) is 5.63. The number of nitrogens with one attached hydrogen (secondary N) is 2. The van der Waals surface area contributed by atoms with Gasteiger partial charge in [-0.05, 0) is 78.4 Å². The molecule has 1 saturated heterocycles. The second kappa shape index (κ2) is 12.9. The topological polar surface area (TPSA) is 61.4 Å². The molecule has 5 rings (SSSR count). The summed E-state index contributed by atoms with van der Waals surface area (Å²) in [5.74, 6) is 0.466. The Hall–Kier alpha value is -3.96. The summed E-state index contributed by atoms with van der Waals surface area (Å²) in [6.45, 7) is 6.78. The number of anilines is 1. The molecule has 4 aromatic carbocycles. The molecule has 0 bridgehead atoms. The molecule has 0 unspecified atom stereocenters. The number of likely N-dealkylation sites (tertiary alicyclic amines) is 1. The van der Waals surface area contributed by atoms with E-state index in [1.807, 2.05) is 86.6 Å². The van der Waals surface area contributed by atoms with E-state index in [-0.39, 0.29) is 23.8 Å². The molecule has 0 aliphatic carbocycles. The summed E-state index contributed by atoms with van der Waals surface area (Å²) in [5.41, 5.74) is 4.02. The maximum atomic E-state index is 13.5. The molecule has 4 aromatic rings. The monoisotopic (exact) mass is 533 g/mol. The minimum Gasteiger partial charge on any atom is -0.345 e. The van der Waals surface area contributed by atoms with Crippen molar-refractivity contribution >= 4 is 28.3 Å². The summed E-state index contributed by atoms with van der Waals surface area (Å²) in [5, 5.41) is 8.42. The van der Waals surface area contributed by atoms with E-state index < -0.39 is 0 Å². The Bertz CT molecular complexity index is 1440. The van der Waals surface area contributed by atoms with Crippen LogP contribution in [0.1, 0.15) is 66.6 Å². The van der Waals surface area contributed by atoms with Crippen molar-refractivity contribution in [2.45, 2.75) is 45.1 Å². The van der Waals surface area contributed by atoms with Gasteiger partial charge in [-0.1, -0.05) is 92.7 Å². The summed E-state index contributed by atoms with van der Waals surface area (Å²) in [7, 11) is 0. The molecule has 0 saturated carbocycles. The highest BCUT2D eigenvalue weighted by Crippen LogP contribution is 2.30. The van der Waals surface area contributed by atoms with Crippen LogP contribution < -0.4 is 10.6 Å². The zero-order valence-electron chi connectivity index (χ0n) is 23.5. The molecule has 206 valence electrons. The first-order valence-electron chi connectivity index (χ1n) is 14.4. The Morgan fingerprint density at radius 1 is 0.850 bits per heavy atom. The molecule has 0 radical (unpaired) electrons. The highest BCUT2D eigenvalue weighted by atomic mass is 16.2. The van der Waals surface area contributed by atoms with Crippen LogP contribution in [-0.4, -0.2) is 36.3 Å². The number of amides is 2. The second-order valence-corrected chi connectivity index (χ2v) is 11.1. The van der Waals surface area contributed by atoms with Crippen molar-refractivity contribution in [3.8, 4) is 0 Å². The molecular formula is C35H39N3O2. The van der Waals surface area contributed by atoms with Gasteiger partial charge < -0.3 is 15.5 Å². The maximum Gasteiger partial charge on any atom is 0.252 e. The number of piperidine rings is 1. The van der Waals surface area contributed by atoms with Gasteiger partial charge in [0.15, 0.2) is 0 Å². The van der Waals surface area contributed by atoms with Gasteiger partial charge in [0.1, 0.15) is 0 Å². The standard InChI is InChI=1S/C35H39N3O2/c1-25(2)34(39)36-30-15-8-14-29(24-30)26-18-21-38(22-19-26)23-20-33(28-11-4-3-5-12-28)37-35(40)32-17-9-13-27-10-6-7-16-31(27)32/h3-17,24-26,33H,18-23H2,1-2H3,(H,36,39)(H,37,40)/t33-/m0/s1. The van der Waals surface area contributed by atoms with Crippen LogP contribution in [0.4, 0.5) is 5.69 Å². The van der Waals surface area contributed by atoms with Gasteiger partial charge in [-0.3, -0.25) is 9.59 Å². The molecule has 1 atom stereocenters. The van der Waals surface area contributed by atoms with Gasteiger partial charge in [0.05, 0.1) is 6.04 Å². The van der Waals surface area contributed by atoms with E-state index >= 15 is 0 Å². The minimum atomic E-state index is -0.0633. The third kappa shape index (κ3) is 6.78. The first-order valence-corrected chi connectivity index (χ1v) is 14.4. The van der Waals surface area contributed by atoms with Crippen LogP contribution in [0, 0.1) is 5.92 Å². The summed E-state index contributed by atoms with van der Waals surface area (Å²) in [4.78, 5) is 28.1. The van der Waals surface area contributed by atoms with Crippen LogP contribution in [0.2, 0.25) is 0 Å². The van der Waals surface area contributed by atoms with Crippen LogP contribution in [0.25, 0.3) is 10.8 Å². The molecular weight excluding hydrogens is 494 g/mol. The molecule has 0 spiro atoms. The average Bonchev–Trinajstić information content (AvgIpc) is 2.99. The number of rotatable bonds is 9. The number of benzene rings is 4. The predicted molar refractivity (Wildman–Crippen MR) is 164 cm³/mol. The predicted octanol–water partition coefficient (Wildman–Crippen LogP) is 7.18. The van der Waals surface area contributed by atoms with E-state index in [0.29, 0.717) is 11.5 Å². The van der Waals surface area contributed by atoms with Crippen molar-refractivity contribution in [3.05, 3.63) is 114 Å². The zero-order chi connectivity index (χ0) is 27.9. The van der Waals surface area contributed by atoms with Gasteiger partial charge in [-0.15, -0.1) is 0 Å². The molecule has 0 aromatic heterocycles. The van der Waals surface area contributed by atoms with E-state index in [4.69, 9.17) is 0 Å². The number of carbonyl (C=O) groups excluding carboxylic acids is 2. The van der Waals surface area contributed by atoms with Crippen LogP contribution in [-0.2, 0) is 4.79 Å². The number of hydrogen-bond acceptors (Lipinski definition) is 3. The van der Waals surface area contributed by atoms with Crippen LogP contribution in [0.15, 0.2) is 97.1 Å². The minimum absolute atomic E-state index is 0.0335. The van der Waals surface area contributed by atoms with Crippen LogP contribution in [0.5, 0.6) is 0 Å². The number of carbonyl (C=O) groups is 2. The third-order valence-corrected chi connectivity index (χ3v) is 8.01. The summed E-state index contributed by atoms with van der Waals surface area (Å²) in [6.07, 6.45) is 3.02. The van der Waals surface area contributed by atoms with Crippen molar-refractivity contribution < 1.29 is 9.59 Å². The maximum absolute atomic E-state index is 13.5. The average molecular weight is 534 g/mol. The first-order chi connectivity index (χ1) is 19.5. The van der Waals surface area contributed by atoms with E-state index in [1.54, 1.807) is 0 Å². The highest BCUT2D eigenvalue weighted by Gasteiger charge is 2.23. The van der Waals surface area contributed by atoms with Crippen molar-refractivity contribution in [2.75, 3.05) is 25.0 Å². The molecule has 1 fully saturated rings. The van der Waals surface area contributed by atoms with Crippen molar-refractivity contribution in [1.82, 2.24) is 10.2 Å². The Morgan fingerprint density at radius 2 is 1.55 bits per heavy atom. The third-order valence-electron chi connectivity index (χ3n) is 8.01. The molecule has 1 heterocycles. The fraction of sp³-hybridized carbons (Fsp3) is 0.314. The van der Waals surface area contributed by atoms with Gasteiger partial charge in [-0.2, -0.15) is 0 Å². The van der Waals surface area contributed by atoms with Crippen LogP contribution in [0.3, 0.4) is 0 Å². The Labute approximate surface area is 237 Å². The number of nitrogens with zero attached hydrogens (tertiary/aromatic N) is 1. The first kappa shape index (κ1) is 27.6. The molecule has 1 aliphatic rings. The summed E-state index contributed by atoms with van der Waals surface area (Å²) in [6, 6.07) is 32.5. The number of hydrogen-bond donors (Lipinski definition) is 2. The van der Waals surface area contributed by atoms with Gasteiger partial charge in [0, 0.05) is 23.7 Å². The van der Waals surface area contributed by atoms with E-state index in [1.165, 1.54) is 5.56 Å². The lowest BCUT2D eigenvalue weighted by Crippen LogP contribution is -2.36. The van der Waals surface area contributed by atoms with Crippen molar-refractivity contribution in [3.63, 3.8) is 0 Å². The molecule has 2 N–H and O–H groups in total. The largest absolute Gasteiger partial charge is 0.345 e. The van der Waals surface area contributed by atoms with Crippen molar-refractivity contribution in [2.24, 2.45) is 5.92 Å². The van der Waals surface area contributed by atoms with Gasteiger partial charge in [-0.25, -0.2) is 0 Å². The quantitative estimate of drug-likeness (QED) is 0.240. The summed E-state index contributed by atoms with van der Waals surface area (Å²) >= 11 is 0. The van der Waals surface area contributed by atoms with Crippen LogP contribution >= 0.6 is 0 Å². The lowest BCUT2D eigenvalue weighted by Gasteiger charge is -2.33. The lowest BCUT2D eigenvalue weighted by atomic mass is 9.89. The smallest absolute Gasteiger partial charge is 0.252 e. The van der Waals surface area contributed by atoms with Crippen molar-refractivity contribution in [1.29, 1.82) is 0 Å². The molecule has 5 heteroatoms. The Balaban J connectivity index is 1.21. The molecule has 2 amide bonds. The zero-order valence-corrected chi connectivity index (χ0v) is 23.5. The van der Waals surface area contributed by atoms with E-state index in [9.17, 15) is 9.59 Å². The normalized spacial score (nSPS) is 15.2. The number of fused-ring (bicyclic) bond motifs is 1. The Kier molecular flexibility index (Phi) is 8.92. The Morgan fingerprint density at radius 3 is 2.33 bits per heavy atom. The highest BCUT2D eigenvalue weighted by molar-refractivity contribution is 6.07. The molecule has 5 nitrogen and oxygen atoms in total. The fourth-order valence-corrected chi connectivity index (χ4v) is 5.63. The lowest BCUT2D eigenvalue weighted by molar-refractivity contribution is -0.118. The van der Waals surface area contributed by atoms with Gasteiger partial charge in [0.2, 0.25) is 5.91 Å². The van der Waals surface area contributed by atoms with Gasteiger partial charge in [0.25, 0.3) is 5.91 Å².